The van der Waals surface area contributed by atoms with Crippen molar-refractivity contribution < 1.29 is 13.2 Å². The van der Waals surface area contributed by atoms with Gasteiger partial charge in [-0.15, -0.1) is 0 Å². The van der Waals surface area contributed by atoms with Gasteiger partial charge < -0.3 is 10.6 Å². The molecule has 0 unspecified atom stereocenters. The summed E-state index contributed by atoms with van der Waals surface area (Å²) in [6, 6.07) is 0. The summed E-state index contributed by atoms with van der Waals surface area (Å²) >= 11 is 0. The molecule has 0 saturated heterocycles. The van der Waals surface area contributed by atoms with Crippen LogP contribution < -0.4 is 5.73 Å². The first-order valence-electron chi connectivity index (χ1n) is 4.06. The second kappa shape index (κ2) is 5.99. The van der Waals surface area contributed by atoms with Crippen LogP contribution in [0, 0.1) is 0 Å². The zero-order valence-electron chi connectivity index (χ0n) is 7.64. The average molecular weight is 196 g/mol. The van der Waals surface area contributed by atoms with Gasteiger partial charge in [0, 0.05) is 19.6 Å². The maximum absolute atomic E-state index is 11.7. The largest absolute Gasteiger partial charge is 0.390 e. The van der Waals surface area contributed by atoms with Crippen molar-refractivity contribution in [2.24, 2.45) is 5.73 Å². The van der Waals surface area contributed by atoms with Gasteiger partial charge in [-0.2, -0.15) is 13.2 Å². The van der Waals surface area contributed by atoms with Crippen LogP contribution in [-0.4, -0.2) is 37.8 Å². The number of nitrogens with zero attached hydrogens (tertiary/aromatic N) is 1. The lowest BCUT2D eigenvalue weighted by atomic mass is 10.3. The van der Waals surface area contributed by atoms with Crippen LogP contribution in [0.5, 0.6) is 0 Å². The molecule has 2 N–H and O–H groups in total. The van der Waals surface area contributed by atoms with E-state index in [0.29, 0.717) is 13.1 Å². The van der Waals surface area contributed by atoms with E-state index in [0.717, 1.165) is 0 Å². The van der Waals surface area contributed by atoms with Crippen LogP contribution in [-0.2, 0) is 0 Å². The predicted octanol–water partition coefficient (Wildman–Crippen LogP) is 1.39. The van der Waals surface area contributed by atoms with Crippen molar-refractivity contribution in [3.8, 4) is 0 Å². The minimum atomic E-state index is -4.06. The lowest BCUT2D eigenvalue weighted by Crippen LogP contribution is -2.24. The van der Waals surface area contributed by atoms with Crippen LogP contribution in [0.1, 0.15) is 6.42 Å². The van der Waals surface area contributed by atoms with Crippen molar-refractivity contribution in [1.82, 2.24) is 4.90 Å². The van der Waals surface area contributed by atoms with Gasteiger partial charge in [0.05, 0.1) is 6.42 Å². The fourth-order valence-corrected chi connectivity index (χ4v) is 0.760. The van der Waals surface area contributed by atoms with Gasteiger partial charge >= 0.3 is 6.18 Å². The van der Waals surface area contributed by atoms with Crippen LogP contribution >= 0.6 is 0 Å². The van der Waals surface area contributed by atoms with Gasteiger partial charge in [-0.3, -0.25) is 0 Å². The Bertz CT molecular complexity index is 154. The number of halogens is 3. The van der Waals surface area contributed by atoms with Crippen molar-refractivity contribution in [2.45, 2.75) is 12.6 Å². The highest BCUT2D eigenvalue weighted by molar-refractivity contribution is 4.84. The highest BCUT2D eigenvalue weighted by atomic mass is 19.4. The van der Waals surface area contributed by atoms with E-state index in [-0.39, 0.29) is 6.54 Å². The Morgan fingerprint density at radius 2 is 1.92 bits per heavy atom. The third-order valence-corrected chi connectivity index (χ3v) is 1.50. The van der Waals surface area contributed by atoms with Crippen molar-refractivity contribution in [1.29, 1.82) is 0 Å². The highest BCUT2D eigenvalue weighted by Gasteiger charge is 2.26. The molecule has 0 aliphatic rings. The van der Waals surface area contributed by atoms with E-state index in [2.05, 4.69) is 0 Å². The minimum Gasteiger partial charge on any atom is -0.327 e. The fourth-order valence-electron chi connectivity index (χ4n) is 0.760. The van der Waals surface area contributed by atoms with Crippen LogP contribution in [0.4, 0.5) is 13.2 Å². The molecule has 0 aliphatic heterocycles. The third kappa shape index (κ3) is 9.36. The van der Waals surface area contributed by atoms with E-state index >= 15 is 0 Å². The lowest BCUT2D eigenvalue weighted by molar-refractivity contribution is -0.137. The molecule has 0 atom stereocenters. The van der Waals surface area contributed by atoms with Gasteiger partial charge in [0.15, 0.2) is 0 Å². The van der Waals surface area contributed by atoms with Crippen molar-refractivity contribution in [3.05, 3.63) is 12.2 Å². The Balaban J connectivity index is 3.51. The fraction of sp³-hybridized carbons (Fsp3) is 0.750. The van der Waals surface area contributed by atoms with E-state index in [1.165, 1.54) is 0 Å². The summed E-state index contributed by atoms with van der Waals surface area (Å²) < 4.78 is 35.2. The highest BCUT2D eigenvalue weighted by Crippen LogP contribution is 2.19. The molecular formula is C8H15F3N2. The molecule has 0 saturated carbocycles. The average Bonchev–Trinajstić information content (AvgIpc) is 2.00. The Morgan fingerprint density at radius 1 is 1.31 bits per heavy atom. The normalized spacial score (nSPS) is 13.1. The van der Waals surface area contributed by atoms with Gasteiger partial charge in [-0.1, -0.05) is 12.2 Å². The van der Waals surface area contributed by atoms with Gasteiger partial charge in [0.25, 0.3) is 0 Å². The molecule has 2 nitrogen and oxygen atoms in total. The first kappa shape index (κ1) is 12.4. The molecule has 0 heterocycles. The Morgan fingerprint density at radius 3 is 2.38 bits per heavy atom. The molecule has 0 aromatic heterocycles. The minimum absolute atomic E-state index is 0.0262. The Hall–Kier alpha value is -0.550. The summed E-state index contributed by atoms with van der Waals surface area (Å²) in [4.78, 5) is 1.60. The van der Waals surface area contributed by atoms with Gasteiger partial charge in [0.2, 0.25) is 0 Å². The maximum atomic E-state index is 11.7. The van der Waals surface area contributed by atoms with E-state index in [1.807, 2.05) is 0 Å². The molecule has 0 spiro atoms. The molecule has 0 bridgehead atoms. The SMILES string of the molecule is CN(CC=CCN)CCC(F)(F)F. The predicted molar refractivity (Wildman–Crippen MR) is 46.4 cm³/mol. The zero-order valence-corrected chi connectivity index (χ0v) is 7.64. The Labute approximate surface area is 76.2 Å². The summed E-state index contributed by atoms with van der Waals surface area (Å²) in [5.74, 6) is 0. The van der Waals surface area contributed by atoms with Gasteiger partial charge in [0.1, 0.15) is 0 Å². The summed E-state index contributed by atoms with van der Waals surface area (Å²) in [7, 11) is 1.65. The Kier molecular flexibility index (Phi) is 5.73. The van der Waals surface area contributed by atoms with E-state index in [9.17, 15) is 13.2 Å². The van der Waals surface area contributed by atoms with Crippen LogP contribution in [0.25, 0.3) is 0 Å². The molecule has 0 fully saturated rings. The molecule has 13 heavy (non-hydrogen) atoms. The smallest absolute Gasteiger partial charge is 0.327 e. The van der Waals surface area contributed by atoms with E-state index < -0.39 is 12.6 Å². The van der Waals surface area contributed by atoms with Gasteiger partial charge in [-0.25, -0.2) is 0 Å². The number of hydrogen-bond donors (Lipinski definition) is 1. The molecule has 78 valence electrons. The number of nitrogens with two attached hydrogens (primary N) is 1. The molecule has 0 amide bonds. The molecular weight excluding hydrogens is 181 g/mol. The number of hydrogen-bond acceptors (Lipinski definition) is 2. The monoisotopic (exact) mass is 196 g/mol. The topological polar surface area (TPSA) is 29.3 Å². The standard InChI is InChI=1S/C8H15F3N2/c1-13(6-3-2-5-12)7-4-8(9,10)11/h2-3H,4-7,12H2,1H3. The summed E-state index contributed by atoms with van der Waals surface area (Å²) in [6.45, 7) is 0.957. The van der Waals surface area contributed by atoms with Crippen LogP contribution in [0.3, 0.4) is 0 Å². The number of likely N-dealkylation sites (N-methyl/N-ethyl adjacent to an activating group) is 1. The second-order valence-electron chi connectivity index (χ2n) is 2.83. The maximum Gasteiger partial charge on any atom is 0.390 e. The molecule has 0 aromatic carbocycles. The number of rotatable bonds is 5. The second-order valence-corrected chi connectivity index (χ2v) is 2.83. The van der Waals surface area contributed by atoms with Crippen LogP contribution in [0.15, 0.2) is 12.2 Å². The molecule has 0 aliphatic carbocycles. The molecule has 5 heteroatoms. The van der Waals surface area contributed by atoms with Gasteiger partial charge in [-0.05, 0) is 7.05 Å². The molecule has 0 rings (SSSR count). The summed E-state index contributed by atoms with van der Waals surface area (Å²) in [5, 5.41) is 0. The quantitative estimate of drug-likeness (QED) is 0.673. The van der Waals surface area contributed by atoms with Crippen molar-refractivity contribution in [2.75, 3.05) is 26.7 Å². The third-order valence-electron chi connectivity index (χ3n) is 1.50. The zero-order chi connectivity index (χ0) is 10.3. The van der Waals surface area contributed by atoms with Crippen LogP contribution in [0.2, 0.25) is 0 Å². The number of alkyl halides is 3. The van der Waals surface area contributed by atoms with Crippen molar-refractivity contribution >= 4 is 0 Å². The van der Waals surface area contributed by atoms with E-state index in [4.69, 9.17) is 5.73 Å². The summed E-state index contributed by atoms with van der Waals surface area (Å²) in [6.07, 6.45) is -1.34. The molecule has 0 aromatic rings. The first-order valence-corrected chi connectivity index (χ1v) is 4.06. The van der Waals surface area contributed by atoms with E-state index in [1.54, 1.807) is 24.1 Å². The summed E-state index contributed by atoms with van der Waals surface area (Å²) in [5.41, 5.74) is 5.17. The molecule has 0 radical (unpaired) electrons. The first-order chi connectivity index (χ1) is 5.95. The van der Waals surface area contributed by atoms with Crippen molar-refractivity contribution in [3.63, 3.8) is 0 Å². The lowest BCUT2D eigenvalue weighted by Gasteiger charge is -2.15.